The Bertz CT molecular complexity index is 554. The first-order valence-corrected chi connectivity index (χ1v) is 6.97. The number of ether oxygens (including phenoxy) is 1. The van der Waals surface area contributed by atoms with Gasteiger partial charge in [-0.05, 0) is 33.3 Å². The Balaban J connectivity index is 2.58. The van der Waals surface area contributed by atoms with Crippen LogP contribution in [-0.2, 0) is 4.74 Å². The van der Waals surface area contributed by atoms with Crippen LogP contribution < -0.4 is 4.90 Å². The Morgan fingerprint density at radius 2 is 2.15 bits per heavy atom. The number of aryl methyl sites for hydroxylation is 2. The fourth-order valence-corrected chi connectivity index (χ4v) is 2.70. The molecule has 1 atom stereocenters. The average Bonchev–Trinajstić information content (AvgIpc) is 2.39. The molecule has 0 saturated carbocycles. The smallest absolute Gasteiger partial charge is 0.414 e. The summed E-state index contributed by atoms with van der Waals surface area (Å²) in [6.07, 6.45) is 0.643. The third-order valence-electron chi connectivity index (χ3n) is 3.56. The van der Waals surface area contributed by atoms with Gasteiger partial charge < -0.3 is 4.74 Å². The Hall–Kier alpha value is -1.91. The summed E-state index contributed by atoms with van der Waals surface area (Å²) < 4.78 is 5.14. The lowest BCUT2D eigenvalue weighted by molar-refractivity contribution is 0.0961. The predicted octanol–water partition coefficient (Wildman–Crippen LogP) is 3.03. The number of amides is 1. The molecule has 0 radical (unpaired) electrons. The number of Topliss-reactive ketones (excluding diaryl/α,β-unsaturated/α-hetero) is 1. The van der Waals surface area contributed by atoms with E-state index in [0.717, 1.165) is 5.69 Å². The zero-order valence-electron chi connectivity index (χ0n) is 12.4. The molecular weight excluding hydrogens is 256 g/mol. The number of carbonyl (C=O) groups excluding carboxylic acids is 2. The minimum Gasteiger partial charge on any atom is -0.449 e. The maximum Gasteiger partial charge on any atom is 0.414 e. The van der Waals surface area contributed by atoms with Crippen LogP contribution in [0.4, 0.5) is 10.5 Å². The van der Waals surface area contributed by atoms with Crippen molar-refractivity contribution in [2.24, 2.45) is 0 Å². The molecule has 1 amide bonds. The molecule has 0 N–H and O–H groups in total. The summed E-state index contributed by atoms with van der Waals surface area (Å²) in [7, 11) is 0. The quantitative estimate of drug-likeness (QED) is 0.833. The summed E-state index contributed by atoms with van der Waals surface area (Å²) >= 11 is 0. The zero-order valence-corrected chi connectivity index (χ0v) is 12.4. The van der Waals surface area contributed by atoms with Gasteiger partial charge in [0.1, 0.15) is 0 Å². The van der Waals surface area contributed by atoms with E-state index in [-0.39, 0.29) is 11.8 Å². The van der Waals surface area contributed by atoms with Crippen LogP contribution in [-0.4, -0.2) is 29.5 Å². The maximum absolute atomic E-state index is 12.3. The van der Waals surface area contributed by atoms with E-state index in [9.17, 15) is 9.59 Å². The molecule has 1 aromatic rings. The van der Waals surface area contributed by atoms with Gasteiger partial charge >= 0.3 is 6.09 Å². The van der Waals surface area contributed by atoms with Crippen molar-refractivity contribution in [3.63, 3.8) is 0 Å². The van der Waals surface area contributed by atoms with Crippen molar-refractivity contribution in [1.29, 1.82) is 0 Å². The largest absolute Gasteiger partial charge is 0.449 e. The highest BCUT2D eigenvalue weighted by Gasteiger charge is 2.36. The average molecular weight is 276 g/mol. The number of ketones is 1. The number of carbonyl (C=O) groups is 2. The SMILES string of the molecule is CCOC(=O)N1c2c(cc(C)nc2C)C(=O)CC1CC. The Morgan fingerprint density at radius 1 is 1.45 bits per heavy atom. The molecule has 20 heavy (non-hydrogen) atoms. The van der Waals surface area contributed by atoms with E-state index in [1.807, 2.05) is 20.8 Å². The third-order valence-corrected chi connectivity index (χ3v) is 3.56. The third kappa shape index (κ3) is 2.40. The van der Waals surface area contributed by atoms with Crippen LogP contribution in [0.2, 0.25) is 0 Å². The highest BCUT2D eigenvalue weighted by atomic mass is 16.6. The first kappa shape index (κ1) is 14.5. The van der Waals surface area contributed by atoms with Crippen molar-refractivity contribution in [1.82, 2.24) is 4.98 Å². The molecule has 2 rings (SSSR count). The second-order valence-electron chi connectivity index (χ2n) is 5.00. The molecular formula is C15H20N2O3. The summed E-state index contributed by atoms with van der Waals surface area (Å²) in [6.45, 7) is 7.72. The molecule has 1 aliphatic rings. The number of fused-ring (bicyclic) bond motifs is 1. The van der Waals surface area contributed by atoms with E-state index in [4.69, 9.17) is 4.74 Å². The van der Waals surface area contributed by atoms with Crippen LogP contribution in [0.15, 0.2) is 6.07 Å². The Morgan fingerprint density at radius 3 is 2.75 bits per heavy atom. The van der Waals surface area contributed by atoms with Crippen molar-refractivity contribution in [3.05, 3.63) is 23.0 Å². The minimum atomic E-state index is -0.401. The number of rotatable bonds is 2. The highest BCUT2D eigenvalue weighted by molar-refractivity contribution is 6.08. The molecule has 0 bridgehead atoms. The van der Waals surface area contributed by atoms with Crippen molar-refractivity contribution >= 4 is 17.6 Å². The molecule has 0 aromatic carbocycles. The normalized spacial score (nSPS) is 17.9. The van der Waals surface area contributed by atoms with Gasteiger partial charge in [0, 0.05) is 23.7 Å². The summed E-state index contributed by atoms with van der Waals surface area (Å²) in [4.78, 5) is 30.5. The molecule has 0 saturated heterocycles. The fraction of sp³-hybridized carbons (Fsp3) is 0.533. The van der Waals surface area contributed by atoms with Gasteiger partial charge in [0.25, 0.3) is 0 Å². The van der Waals surface area contributed by atoms with Gasteiger partial charge in [0.05, 0.1) is 18.0 Å². The lowest BCUT2D eigenvalue weighted by Crippen LogP contribution is -2.46. The lowest BCUT2D eigenvalue weighted by atomic mass is 9.92. The van der Waals surface area contributed by atoms with Gasteiger partial charge in [-0.1, -0.05) is 6.92 Å². The van der Waals surface area contributed by atoms with E-state index in [2.05, 4.69) is 4.98 Å². The minimum absolute atomic E-state index is 0.0704. The zero-order chi connectivity index (χ0) is 14.9. The monoisotopic (exact) mass is 276 g/mol. The number of pyridine rings is 1. The number of anilines is 1. The van der Waals surface area contributed by atoms with E-state index in [1.54, 1.807) is 17.9 Å². The van der Waals surface area contributed by atoms with E-state index in [0.29, 0.717) is 36.4 Å². The molecule has 108 valence electrons. The second kappa shape index (κ2) is 5.61. The van der Waals surface area contributed by atoms with Gasteiger partial charge in [0.15, 0.2) is 5.78 Å². The predicted molar refractivity (Wildman–Crippen MR) is 76.2 cm³/mol. The van der Waals surface area contributed by atoms with E-state index < -0.39 is 6.09 Å². The lowest BCUT2D eigenvalue weighted by Gasteiger charge is -2.35. The molecule has 0 aliphatic carbocycles. The summed E-state index contributed by atoms with van der Waals surface area (Å²) in [5, 5.41) is 0. The van der Waals surface area contributed by atoms with Crippen LogP contribution in [0, 0.1) is 13.8 Å². The molecule has 5 heteroatoms. The first-order chi connectivity index (χ1) is 9.49. The molecule has 0 spiro atoms. The number of nitrogens with zero attached hydrogens (tertiary/aromatic N) is 2. The standard InChI is InChI=1S/C15H20N2O3/c1-5-11-8-13(18)12-7-9(3)16-10(4)14(12)17(11)15(19)20-6-2/h7,11H,5-6,8H2,1-4H3. The van der Waals surface area contributed by atoms with Crippen LogP contribution in [0.25, 0.3) is 0 Å². The molecule has 1 aliphatic heterocycles. The maximum atomic E-state index is 12.3. The van der Waals surface area contributed by atoms with Crippen LogP contribution in [0.3, 0.4) is 0 Å². The summed E-state index contributed by atoms with van der Waals surface area (Å²) in [5.74, 6) is 0.0704. The van der Waals surface area contributed by atoms with Gasteiger partial charge in [-0.2, -0.15) is 0 Å². The topological polar surface area (TPSA) is 59.5 Å². The van der Waals surface area contributed by atoms with Crippen LogP contribution in [0.1, 0.15) is 48.4 Å². The van der Waals surface area contributed by atoms with E-state index >= 15 is 0 Å². The number of hydrogen-bond donors (Lipinski definition) is 0. The fourth-order valence-electron chi connectivity index (χ4n) is 2.70. The van der Waals surface area contributed by atoms with Crippen molar-refractivity contribution in [2.45, 2.75) is 46.6 Å². The highest BCUT2D eigenvalue weighted by Crippen LogP contribution is 2.35. The summed E-state index contributed by atoms with van der Waals surface area (Å²) in [5.41, 5.74) is 2.66. The Kier molecular flexibility index (Phi) is 4.06. The van der Waals surface area contributed by atoms with Gasteiger partial charge in [-0.15, -0.1) is 0 Å². The van der Waals surface area contributed by atoms with Crippen LogP contribution >= 0.6 is 0 Å². The van der Waals surface area contributed by atoms with E-state index in [1.165, 1.54) is 0 Å². The first-order valence-electron chi connectivity index (χ1n) is 6.97. The van der Waals surface area contributed by atoms with Crippen LogP contribution in [0.5, 0.6) is 0 Å². The molecule has 1 unspecified atom stereocenters. The molecule has 1 aromatic heterocycles. The molecule has 5 nitrogen and oxygen atoms in total. The second-order valence-corrected chi connectivity index (χ2v) is 5.00. The van der Waals surface area contributed by atoms with Crippen molar-refractivity contribution in [2.75, 3.05) is 11.5 Å². The molecule has 2 heterocycles. The van der Waals surface area contributed by atoms with Gasteiger partial charge in [-0.25, -0.2) is 4.79 Å². The Labute approximate surface area is 118 Å². The van der Waals surface area contributed by atoms with Gasteiger partial charge in [0.2, 0.25) is 0 Å². The number of aromatic nitrogens is 1. The van der Waals surface area contributed by atoms with Gasteiger partial charge in [-0.3, -0.25) is 14.7 Å². The van der Waals surface area contributed by atoms with Crippen molar-refractivity contribution < 1.29 is 14.3 Å². The number of hydrogen-bond acceptors (Lipinski definition) is 4. The van der Waals surface area contributed by atoms with Crippen molar-refractivity contribution in [3.8, 4) is 0 Å². The molecule has 0 fully saturated rings. The summed E-state index contributed by atoms with van der Waals surface area (Å²) in [6, 6.07) is 1.60.